The Hall–Kier alpha value is -0.853. The van der Waals surface area contributed by atoms with E-state index in [4.69, 9.17) is 13.3 Å². The minimum Gasteiger partial charge on any atom is -0.377 e. The number of rotatable bonds is 12. The molecule has 0 aromatic rings. The van der Waals surface area contributed by atoms with E-state index < -0.39 is 63.9 Å². The van der Waals surface area contributed by atoms with E-state index in [1.54, 1.807) is 0 Å². The molecule has 0 saturated carbocycles. The standard InChI is InChI=1S/C12H15F13O4Si/c1-26-30(27-2,28-3)6-4-5-29-12(24,25)10(19,20)8(15,16)7(13,14)9(17,18)11(21,22)23/h4-6H2,1-3H3. The van der Waals surface area contributed by atoms with Crippen LogP contribution < -0.4 is 0 Å². The fourth-order valence-corrected chi connectivity index (χ4v) is 3.58. The lowest BCUT2D eigenvalue weighted by molar-refractivity contribution is -0.465. The van der Waals surface area contributed by atoms with Crippen LogP contribution in [0.25, 0.3) is 0 Å². The van der Waals surface area contributed by atoms with Gasteiger partial charge >= 0.3 is 44.8 Å². The number of hydrogen-bond donors (Lipinski definition) is 0. The van der Waals surface area contributed by atoms with Gasteiger partial charge in [0.15, 0.2) is 0 Å². The van der Waals surface area contributed by atoms with Crippen molar-refractivity contribution in [1.29, 1.82) is 0 Å². The maximum Gasteiger partial charge on any atom is 0.500 e. The summed E-state index contributed by atoms with van der Waals surface area (Å²) >= 11 is 0. The molecule has 0 N–H and O–H groups in total. The van der Waals surface area contributed by atoms with E-state index in [1.807, 2.05) is 0 Å². The lowest BCUT2D eigenvalue weighted by Gasteiger charge is -2.39. The minimum absolute atomic E-state index is 0.434. The maximum atomic E-state index is 13.4. The molecule has 0 radical (unpaired) electrons. The van der Waals surface area contributed by atoms with Crippen LogP contribution in [0.5, 0.6) is 0 Å². The van der Waals surface area contributed by atoms with Gasteiger partial charge in [-0.1, -0.05) is 0 Å². The van der Waals surface area contributed by atoms with Crippen LogP contribution in [0.3, 0.4) is 0 Å². The van der Waals surface area contributed by atoms with E-state index >= 15 is 0 Å². The lowest BCUT2D eigenvalue weighted by atomic mass is 9.97. The van der Waals surface area contributed by atoms with E-state index in [1.165, 1.54) is 0 Å². The summed E-state index contributed by atoms with van der Waals surface area (Å²) in [5, 5.41) is 0. The highest BCUT2D eigenvalue weighted by Gasteiger charge is 2.91. The monoisotopic (exact) mass is 498 g/mol. The predicted molar refractivity (Wildman–Crippen MR) is 72.9 cm³/mol. The van der Waals surface area contributed by atoms with Crippen molar-refractivity contribution in [2.45, 2.75) is 48.4 Å². The second-order valence-electron chi connectivity index (χ2n) is 5.56. The van der Waals surface area contributed by atoms with Crippen LogP contribution in [0.15, 0.2) is 0 Å². The Kier molecular flexibility index (Phi) is 8.69. The molecule has 0 spiro atoms. The third kappa shape index (κ3) is 4.81. The highest BCUT2D eigenvalue weighted by Crippen LogP contribution is 2.60. The van der Waals surface area contributed by atoms with Crippen LogP contribution in [-0.2, 0) is 18.0 Å². The Morgan fingerprint density at radius 1 is 0.567 bits per heavy atom. The van der Waals surface area contributed by atoms with E-state index in [2.05, 4.69) is 4.74 Å². The summed E-state index contributed by atoms with van der Waals surface area (Å²) in [6, 6.07) is -0.434. The molecule has 0 saturated heterocycles. The quantitative estimate of drug-likeness (QED) is 0.217. The van der Waals surface area contributed by atoms with Crippen LogP contribution in [0.4, 0.5) is 57.1 Å². The van der Waals surface area contributed by atoms with Crippen molar-refractivity contribution in [3.63, 3.8) is 0 Å². The van der Waals surface area contributed by atoms with Gasteiger partial charge in [-0.25, -0.2) is 0 Å². The topological polar surface area (TPSA) is 36.9 Å². The molecular formula is C12H15F13O4Si. The maximum absolute atomic E-state index is 13.4. The molecule has 0 aromatic carbocycles. The Bertz CT molecular complexity index is 555. The average molecular weight is 498 g/mol. The molecule has 0 unspecified atom stereocenters. The summed E-state index contributed by atoms with van der Waals surface area (Å²) in [5.74, 6) is -31.1. The Labute approximate surface area is 161 Å². The van der Waals surface area contributed by atoms with Gasteiger partial charge in [0.2, 0.25) is 0 Å². The van der Waals surface area contributed by atoms with Gasteiger partial charge in [-0.05, 0) is 6.42 Å². The van der Waals surface area contributed by atoms with Gasteiger partial charge in [0.25, 0.3) is 0 Å². The van der Waals surface area contributed by atoms with E-state index in [-0.39, 0.29) is 0 Å². The van der Waals surface area contributed by atoms with Crippen LogP contribution in [-0.4, -0.2) is 72.7 Å². The summed E-state index contributed by atoms with van der Waals surface area (Å²) in [6.07, 6.45) is -14.8. The third-order valence-corrected chi connectivity index (χ3v) is 6.58. The van der Waals surface area contributed by atoms with Gasteiger partial charge in [0, 0.05) is 27.4 Å². The van der Waals surface area contributed by atoms with Crippen molar-refractivity contribution in [1.82, 2.24) is 0 Å². The van der Waals surface area contributed by atoms with Crippen LogP contribution >= 0.6 is 0 Å². The van der Waals surface area contributed by atoms with Gasteiger partial charge in [-0.2, -0.15) is 57.1 Å². The van der Waals surface area contributed by atoms with Crippen molar-refractivity contribution < 1.29 is 75.1 Å². The van der Waals surface area contributed by atoms with E-state index in [0.717, 1.165) is 21.3 Å². The number of alkyl halides is 13. The molecule has 18 heteroatoms. The molecule has 0 bridgehead atoms. The minimum atomic E-state index is -7.96. The molecule has 0 atom stereocenters. The molecule has 0 aliphatic rings. The second kappa shape index (κ2) is 8.95. The molecule has 182 valence electrons. The number of halogens is 13. The Morgan fingerprint density at radius 2 is 0.933 bits per heavy atom. The van der Waals surface area contributed by atoms with Crippen molar-refractivity contribution in [2.75, 3.05) is 27.9 Å². The van der Waals surface area contributed by atoms with Crippen molar-refractivity contribution in [3.8, 4) is 0 Å². The van der Waals surface area contributed by atoms with Crippen LogP contribution in [0.1, 0.15) is 6.42 Å². The summed E-state index contributed by atoms with van der Waals surface area (Å²) in [6.45, 7) is -1.56. The summed E-state index contributed by atoms with van der Waals surface area (Å²) in [4.78, 5) is 0. The Balaban J connectivity index is 5.61. The van der Waals surface area contributed by atoms with Gasteiger partial charge in [-0.15, -0.1) is 0 Å². The molecule has 4 nitrogen and oxygen atoms in total. The van der Waals surface area contributed by atoms with Crippen LogP contribution in [0.2, 0.25) is 6.04 Å². The largest absolute Gasteiger partial charge is 0.500 e. The summed E-state index contributed by atoms with van der Waals surface area (Å²) < 4.78 is 185. The highest BCUT2D eigenvalue weighted by atomic mass is 28.4. The molecule has 0 heterocycles. The SMILES string of the molecule is CO[Si](CCCOC(F)(F)C(F)(F)C(F)(F)C(F)(F)C(F)(F)C(F)(F)F)(OC)OC. The summed E-state index contributed by atoms with van der Waals surface area (Å²) in [5.41, 5.74) is 0. The first-order valence-corrected chi connectivity index (χ1v) is 9.32. The molecule has 0 aliphatic carbocycles. The van der Waals surface area contributed by atoms with Gasteiger partial charge < -0.3 is 18.0 Å². The molecule has 0 aromatic heterocycles. The van der Waals surface area contributed by atoms with Crippen molar-refractivity contribution in [2.24, 2.45) is 0 Å². The molecule has 0 aliphatic heterocycles. The van der Waals surface area contributed by atoms with Crippen LogP contribution in [0, 0.1) is 0 Å². The highest BCUT2D eigenvalue weighted by molar-refractivity contribution is 6.60. The molecule has 30 heavy (non-hydrogen) atoms. The first-order chi connectivity index (χ1) is 13.1. The molecule has 0 fully saturated rings. The normalized spacial score (nSPS) is 15.6. The zero-order valence-electron chi connectivity index (χ0n) is 15.2. The molecule has 0 amide bonds. The number of ether oxygens (including phenoxy) is 1. The first-order valence-electron chi connectivity index (χ1n) is 7.39. The third-order valence-electron chi connectivity index (χ3n) is 3.75. The zero-order valence-corrected chi connectivity index (χ0v) is 16.2. The van der Waals surface area contributed by atoms with E-state index in [9.17, 15) is 57.1 Å². The Morgan fingerprint density at radius 3 is 1.27 bits per heavy atom. The summed E-state index contributed by atoms with van der Waals surface area (Å²) in [7, 11) is -0.333. The van der Waals surface area contributed by atoms with Gasteiger partial charge in [-0.3, -0.25) is 0 Å². The molecule has 0 rings (SSSR count). The smallest absolute Gasteiger partial charge is 0.377 e. The lowest BCUT2D eigenvalue weighted by Crippen LogP contribution is -2.70. The van der Waals surface area contributed by atoms with Crippen molar-refractivity contribution >= 4 is 8.80 Å². The second-order valence-corrected chi connectivity index (χ2v) is 8.65. The first kappa shape index (κ1) is 29.1. The fraction of sp³-hybridized carbons (Fsp3) is 1.00. The van der Waals surface area contributed by atoms with E-state index in [0.29, 0.717) is 0 Å². The fourth-order valence-electron chi connectivity index (χ4n) is 1.89. The predicted octanol–water partition coefficient (Wildman–Crippen LogP) is 4.97. The van der Waals surface area contributed by atoms with Gasteiger partial charge in [0.1, 0.15) is 0 Å². The molecular weight excluding hydrogens is 483 g/mol. The number of hydrogen-bond acceptors (Lipinski definition) is 4. The van der Waals surface area contributed by atoms with Gasteiger partial charge in [0.05, 0.1) is 6.61 Å². The van der Waals surface area contributed by atoms with Crippen molar-refractivity contribution in [3.05, 3.63) is 0 Å². The average Bonchev–Trinajstić information content (AvgIpc) is 2.60. The zero-order chi connectivity index (χ0) is 24.4.